The average Bonchev–Trinajstić information content (AvgIpc) is 2.82. The number of benzene rings is 1. The molecule has 20 heavy (non-hydrogen) atoms. The molecular formula is C15H22N2O2S. The number of nitrogens with zero attached hydrogens (tertiary/aromatic N) is 1. The molecule has 0 bridgehead atoms. The van der Waals surface area contributed by atoms with E-state index in [0.717, 1.165) is 24.8 Å². The van der Waals surface area contributed by atoms with Crippen molar-refractivity contribution in [1.29, 1.82) is 0 Å². The highest BCUT2D eigenvalue weighted by molar-refractivity contribution is 7.89. The van der Waals surface area contributed by atoms with Crippen LogP contribution in [0.4, 0.5) is 0 Å². The zero-order valence-corrected chi connectivity index (χ0v) is 12.6. The molecule has 5 heteroatoms. The monoisotopic (exact) mass is 294 g/mol. The second-order valence-electron chi connectivity index (χ2n) is 6.18. The zero-order chi connectivity index (χ0) is 14.3. The number of rotatable bonds is 2. The Morgan fingerprint density at radius 2 is 1.85 bits per heavy atom. The normalized spacial score (nSPS) is 31.2. The molecule has 3 atom stereocenters. The molecule has 0 spiro atoms. The molecule has 1 heterocycles. The van der Waals surface area contributed by atoms with Gasteiger partial charge in [-0.05, 0) is 49.7 Å². The highest BCUT2D eigenvalue weighted by Crippen LogP contribution is 2.38. The first-order chi connectivity index (χ1) is 9.48. The van der Waals surface area contributed by atoms with Gasteiger partial charge in [-0.1, -0.05) is 18.2 Å². The Morgan fingerprint density at radius 1 is 1.15 bits per heavy atom. The minimum Gasteiger partial charge on any atom is -0.328 e. The fourth-order valence-electron chi connectivity index (χ4n) is 3.61. The molecule has 1 saturated heterocycles. The number of aryl methyl sites for hydroxylation is 1. The van der Waals surface area contributed by atoms with E-state index in [2.05, 4.69) is 0 Å². The lowest BCUT2D eigenvalue weighted by atomic mass is 9.79. The number of fused-ring (bicyclic) bond motifs is 1. The van der Waals surface area contributed by atoms with E-state index in [4.69, 9.17) is 5.73 Å². The van der Waals surface area contributed by atoms with E-state index in [1.807, 2.05) is 19.1 Å². The van der Waals surface area contributed by atoms with Crippen LogP contribution < -0.4 is 5.73 Å². The van der Waals surface area contributed by atoms with E-state index < -0.39 is 10.0 Å². The Balaban J connectivity index is 1.85. The van der Waals surface area contributed by atoms with Gasteiger partial charge in [0.2, 0.25) is 10.0 Å². The van der Waals surface area contributed by atoms with Crippen LogP contribution in [-0.2, 0) is 10.0 Å². The molecule has 1 aromatic carbocycles. The second kappa shape index (κ2) is 5.13. The van der Waals surface area contributed by atoms with Gasteiger partial charge in [0.05, 0.1) is 4.90 Å². The average molecular weight is 294 g/mol. The minimum absolute atomic E-state index is 0.248. The Morgan fingerprint density at radius 3 is 2.60 bits per heavy atom. The third-order valence-electron chi connectivity index (χ3n) is 4.77. The molecule has 0 radical (unpaired) electrons. The molecule has 110 valence electrons. The van der Waals surface area contributed by atoms with Gasteiger partial charge in [-0.3, -0.25) is 0 Å². The van der Waals surface area contributed by atoms with Crippen molar-refractivity contribution in [3.63, 3.8) is 0 Å². The molecule has 0 aromatic heterocycles. The van der Waals surface area contributed by atoms with Crippen LogP contribution in [0, 0.1) is 18.8 Å². The van der Waals surface area contributed by atoms with Crippen molar-refractivity contribution in [1.82, 2.24) is 4.31 Å². The van der Waals surface area contributed by atoms with Crippen molar-refractivity contribution in [2.75, 3.05) is 13.1 Å². The summed E-state index contributed by atoms with van der Waals surface area (Å²) in [6, 6.07) is 7.47. The summed E-state index contributed by atoms with van der Waals surface area (Å²) in [5.74, 6) is 0.936. The Labute approximate surface area is 121 Å². The van der Waals surface area contributed by atoms with Crippen molar-refractivity contribution in [3.05, 3.63) is 29.8 Å². The van der Waals surface area contributed by atoms with Crippen LogP contribution >= 0.6 is 0 Å². The molecule has 1 unspecified atom stereocenters. The summed E-state index contributed by atoms with van der Waals surface area (Å²) >= 11 is 0. The fourth-order valence-corrected chi connectivity index (χ4v) is 5.38. The predicted octanol–water partition coefficient (Wildman–Crippen LogP) is 1.74. The zero-order valence-electron chi connectivity index (χ0n) is 11.8. The van der Waals surface area contributed by atoms with E-state index in [1.54, 1.807) is 16.4 Å². The summed E-state index contributed by atoms with van der Waals surface area (Å²) in [6.45, 7) is 3.15. The first-order valence-corrected chi connectivity index (χ1v) is 8.74. The Hall–Kier alpha value is -0.910. The van der Waals surface area contributed by atoms with Gasteiger partial charge in [-0.15, -0.1) is 0 Å². The number of hydrogen-bond acceptors (Lipinski definition) is 3. The maximum absolute atomic E-state index is 12.8. The van der Waals surface area contributed by atoms with E-state index >= 15 is 0 Å². The van der Waals surface area contributed by atoms with Crippen LogP contribution in [0.3, 0.4) is 0 Å². The largest absolute Gasteiger partial charge is 0.328 e. The third-order valence-corrected chi connectivity index (χ3v) is 6.76. The molecule has 2 aliphatic rings. The van der Waals surface area contributed by atoms with E-state index in [-0.39, 0.29) is 6.04 Å². The first kappa shape index (κ1) is 14.0. The third kappa shape index (κ3) is 2.38. The molecule has 3 rings (SSSR count). The summed E-state index contributed by atoms with van der Waals surface area (Å²) in [5.41, 5.74) is 6.83. The maximum Gasteiger partial charge on any atom is 0.243 e. The van der Waals surface area contributed by atoms with Crippen molar-refractivity contribution in [2.45, 2.75) is 37.1 Å². The summed E-state index contributed by atoms with van der Waals surface area (Å²) in [7, 11) is -3.35. The summed E-state index contributed by atoms with van der Waals surface area (Å²) in [4.78, 5) is 0.447. The first-order valence-electron chi connectivity index (χ1n) is 7.30. The van der Waals surface area contributed by atoms with Crippen LogP contribution in [0.2, 0.25) is 0 Å². The van der Waals surface area contributed by atoms with Gasteiger partial charge >= 0.3 is 0 Å². The van der Waals surface area contributed by atoms with Crippen LogP contribution in [0.25, 0.3) is 0 Å². The predicted molar refractivity (Wildman–Crippen MR) is 78.7 cm³/mol. The van der Waals surface area contributed by atoms with Gasteiger partial charge in [0.25, 0.3) is 0 Å². The van der Waals surface area contributed by atoms with E-state index in [9.17, 15) is 8.42 Å². The molecular weight excluding hydrogens is 272 g/mol. The second-order valence-corrected chi connectivity index (χ2v) is 8.09. The van der Waals surface area contributed by atoms with Crippen LogP contribution in [-0.4, -0.2) is 31.9 Å². The van der Waals surface area contributed by atoms with Crippen LogP contribution in [0.5, 0.6) is 0 Å². The molecule has 0 amide bonds. The van der Waals surface area contributed by atoms with Crippen molar-refractivity contribution in [2.24, 2.45) is 17.6 Å². The topological polar surface area (TPSA) is 63.4 Å². The fraction of sp³-hybridized carbons (Fsp3) is 0.600. The summed E-state index contributed by atoms with van der Waals surface area (Å²) in [5, 5.41) is 0. The van der Waals surface area contributed by atoms with Gasteiger partial charge in [0, 0.05) is 19.1 Å². The van der Waals surface area contributed by atoms with Gasteiger partial charge in [-0.25, -0.2) is 8.42 Å². The number of sulfonamides is 1. The van der Waals surface area contributed by atoms with Gasteiger partial charge < -0.3 is 5.73 Å². The van der Waals surface area contributed by atoms with Crippen LogP contribution in [0.15, 0.2) is 29.2 Å². The van der Waals surface area contributed by atoms with Crippen molar-refractivity contribution < 1.29 is 8.42 Å². The summed E-state index contributed by atoms with van der Waals surface area (Å²) in [6.07, 6.45) is 3.05. The maximum atomic E-state index is 12.8. The number of nitrogens with two attached hydrogens (primary N) is 1. The summed E-state index contributed by atoms with van der Waals surface area (Å²) < 4.78 is 27.2. The molecule has 4 nitrogen and oxygen atoms in total. The van der Waals surface area contributed by atoms with Crippen LogP contribution in [0.1, 0.15) is 24.8 Å². The van der Waals surface area contributed by atoms with Gasteiger partial charge in [-0.2, -0.15) is 4.31 Å². The van der Waals surface area contributed by atoms with E-state index in [1.165, 1.54) is 0 Å². The highest BCUT2D eigenvalue weighted by Gasteiger charge is 2.41. The highest BCUT2D eigenvalue weighted by atomic mass is 32.2. The molecule has 1 aromatic rings. The Kier molecular flexibility index (Phi) is 3.60. The standard InChI is InChI=1S/C15H22N2O2S/c1-11-4-2-3-5-15(11)20(18,19)17-9-12-6-7-14(16)8-13(12)10-17/h2-5,12-14H,6-10,16H2,1H3/t12-,13+,14?/m1/s1. The number of hydrogen-bond donors (Lipinski definition) is 1. The quantitative estimate of drug-likeness (QED) is 0.903. The molecule has 1 saturated carbocycles. The minimum atomic E-state index is -3.35. The lowest BCUT2D eigenvalue weighted by molar-refractivity contribution is 0.271. The molecule has 1 aliphatic carbocycles. The SMILES string of the molecule is Cc1ccccc1S(=O)(=O)N1C[C@H]2CCC(N)C[C@H]2C1. The van der Waals surface area contributed by atoms with Crippen molar-refractivity contribution in [3.8, 4) is 0 Å². The van der Waals surface area contributed by atoms with E-state index in [0.29, 0.717) is 29.8 Å². The lowest BCUT2D eigenvalue weighted by Crippen LogP contribution is -2.32. The Bertz CT molecular complexity index is 600. The molecule has 2 fully saturated rings. The smallest absolute Gasteiger partial charge is 0.243 e. The van der Waals surface area contributed by atoms with Crippen molar-refractivity contribution >= 4 is 10.0 Å². The van der Waals surface area contributed by atoms with Gasteiger partial charge in [0.1, 0.15) is 0 Å². The molecule has 1 aliphatic heterocycles. The lowest BCUT2D eigenvalue weighted by Gasteiger charge is -2.28. The van der Waals surface area contributed by atoms with Gasteiger partial charge in [0.15, 0.2) is 0 Å². The molecule has 2 N–H and O–H groups in total.